The van der Waals surface area contributed by atoms with Gasteiger partial charge in [-0.05, 0) is 36.5 Å². The topological polar surface area (TPSA) is 101 Å². The van der Waals surface area contributed by atoms with Crippen LogP contribution in [0.15, 0.2) is 41.0 Å². The Balaban J connectivity index is 2.01. The Kier molecular flexibility index (Phi) is 4.74. The van der Waals surface area contributed by atoms with Crippen LogP contribution in [0.5, 0.6) is 5.75 Å². The number of ether oxygens (including phenoxy) is 1. The summed E-state index contributed by atoms with van der Waals surface area (Å²) in [7, 11) is 1.22. The van der Waals surface area contributed by atoms with Gasteiger partial charge in [-0.3, -0.25) is 10.1 Å². The van der Waals surface area contributed by atoms with Crippen LogP contribution in [0.25, 0.3) is 0 Å². The Morgan fingerprint density at radius 2 is 2.09 bits per heavy atom. The Morgan fingerprint density at radius 1 is 1.32 bits per heavy atom. The van der Waals surface area contributed by atoms with Crippen LogP contribution in [0.1, 0.15) is 20.9 Å². The molecule has 114 valence electrons. The maximum atomic E-state index is 11.7. The van der Waals surface area contributed by atoms with Crippen molar-refractivity contribution in [3.63, 3.8) is 0 Å². The monoisotopic (exact) mass is 320 g/mol. The van der Waals surface area contributed by atoms with Crippen LogP contribution in [0, 0.1) is 0 Å². The van der Waals surface area contributed by atoms with Crippen LogP contribution < -0.4 is 10.6 Å². The first-order chi connectivity index (χ1) is 10.5. The predicted molar refractivity (Wildman–Crippen MR) is 81.8 cm³/mol. The first-order valence-electron chi connectivity index (χ1n) is 6.08. The third-order valence-corrected chi connectivity index (χ3v) is 2.84. The van der Waals surface area contributed by atoms with Gasteiger partial charge < -0.3 is 19.6 Å². The Morgan fingerprint density at radius 3 is 2.68 bits per heavy atom. The van der Waals surface area contributed by atoms with Gasteiger partial charge >= 0.3 is 5.97 Å². The van der Waals surface area contributed by atoms with Crippen molar-refractivity contribution in [1.29, 1.82) is 0 Å². The van der Waals surface area contributed by atoms with Gasteiger partial charge in [-0.2, -0.15) is 0 Å². The van der Waals surface area contributed by atoms with Gasteiger partial charge in [-0.25, -0.2) is 4.79 Å². The summed E-state index contributed by atoms with van der Waals surface area (Å²) in [5.41, 5.74) is 0.425. The highest BCUT2D eigenvalue weighted by molar-refractivity contribution is 7.80. The summed E-state index contributed by atoms with van der Waals surface area (Å²) >= 11 is 4.98. The summed E-state index contributed by atoms with van der Waals surface area (Å²) in [5, 5.41) is 14.9. The minimum Gasteiger partial charge on any atom is -0.507 e. The molecule has 1 aromatic heterocycles. The van der Waals surface area contributed by atoms with Crippen LogP contribution >= 0.6 is 12.2 Å². The quantitative estimate of drug-likeness (QED) is 0.586. The van der Waals surface area contributed by atoms with E-state index in [2.05, 4.69) is 15.4 Å². The molecule has 0 spiro atoms. The molecule has 0 aliphatic rings. The molecule has 1 amide bonds. The fourth-order valence-electron chi connectivity index (χ4n) is 1.63. The lowest BCUT2D eigenvalue weighted by molar-refractivity contribution is 0.0597. The largest absolute Gasteiger partial charge is 0.507 e. The minimum absolute atomic E-state index is 0.0200. The number of phenolic OH excluding ortho intramolecular Hbond substituents is 1. The van der Waals surface area contributed by atoms with Gasteiger partial charge in [0.2, 0.25) is 0 Å². The molecular weight excluding hydrogens is 308 g/mol. The molecule has 0 bridgehead atoms. The molecule has 0 unspecified atom stereocenters. The number of methoxy groups -OCH3 is 1. The number of hydrogen-bond acceptors (Lipinski definition) is 6. The molecule has 2 rings (SSSR count). The zero-order valence-electron chi connectivity index (χ0n) is 11.5. The molecule has 0 aliphatic carbocycles. The van der Waals surface area contributed by atoms with E-state index in [4.69, 9.17) is 16.6 Å². The van der Waals surface area contributed by atoms with Crippen molar-refractivity contribution >= 4 is 34.9 Å². The first-order valence-corrected chi connectivity index (χ1v) is 6.49. The lowest BCUT2D eigenvalue weighted by Gasteiger charge is -2.10. The van der Waals surface area contributed by atoms with Crippen LogP contribution in [-0.2, 0) is 4.74 Å². The zero-order chi connectivity index (χ0) is 16.1. The van der Waals surface area contributed by atoms with E-state index in [1.165, 1.54) is 37.6 Å². The van der Waals surface area contributed by atoms with Crippen molar-refractivity contribution in [3.8, 4) is 5.75 Å². The average Bonchev–Trinajstić information content (AvgIpc) is 3.00. The third-order valence-electron chi connectivity index (χ3n) is 2.63. The second-order valence-corrected chi connectivity index (χ2v) is 4.52. The molecule has 7 nitrogen and oxygen atoms in total. The number of benzene rings is 1. The molecule has 0 atom stereocenters. The normalized spacial score (nSPS) is 9.86. The summed E-state index contributed by atoms with van der Waals surface area (Å²) in [6, 6.07) is 7.25. The second kappa shape index (κ2) is 6.72. The zero-order valence-corrected chi connectivity index (χ0v) is 12.3. The lowest BCUT2D eigenvalue weighted by atomic mass is 10.2. The molecule has 0 radical (unpaired) electrons. The summed E-state index contributed by atoms with van der Waals surface area (Å²) in [4.78, 5) is 23.1. The van der Waals surface area contributed by atoms with Gasteiger partial charge in [0.15, 0.2) is 10.9 Å². The molecule has 8 heteroatoms. The van der Waals surface area contributed by atoms with Crippen molar-refractivity contribution in [2.24, 2.45) is 0 Å². The van der Waals surface area contributed by atoms with Crippen LogP contribution in [-0.4, -0.2) is 29.2 Å². The fraction of sp³-hybridized carbons (Fsp3) is 0.0714. The van der Waals surface area contributed by atoms with Crippen LogP contribution in [0.2, 0.25) is 0 Å². The smallest absolute Gasteiger partial charge is 0.341 e. The standard InChI is InChI=1S/C14H12N2O5S/c1-20-13(19)9-5-4-8(7-10(9)17)15-14(22)16-12(18)11-3-2-6-21-11/h2-7,17H,1H3,(H2,15,16,18,22). The summed E-state index contributed by atoms with van der Waals surface area (Å²) in [6.45, 7) is 0. The van der Waals surface area contributed by atoms with Crippen molar-refractivity contribution in [1.82, 2.24) is 5.32 Å². The molecule has 0 aliphatic heterocycles. The molecule has 1 aromatic carbocycles. The number of carbonyl (C=O) groups excluding carboxylic acids is 2. The highest BCUT2D eigenvalue weighted by Gasteiger charge is 2.13. The van der Waals surface area contributed by atoms with Gasteiger partial charge in [-0.1, -0.05) is 0 Å². The maximum absolute atomic E-state index is 11.7. The van der Waals surface area contributed by atoms with Crippen molar-refractivity contribution in [3.05, 3.63) is 47.9 Å². The number of phenols is 1. The lowest BCUT2D eigenvalue weighted by Crippen LogP contribution is -2.33. The number of esters is 1. The van der Waals surface area contributed by atoms with Crippen LogP contribution in [0.4, 0.5) is 5.69 Å². The highest BCUT2D eigenvalue weighted by Crippen LogP contribution is 2.22. The number of nitrogens with one attached hydrogen (secondary N) is 2. The van der Waals surface area contributed by atoms with E-state index in [9.17, 15) is 14.7 Å². The first kappa shape index (κ1) is 15.5. The molecular formula is C14H12N2O5S. The molecule has 2 aromatic rings. The maximum Gasteiger partial charge on any atom is 0.341 e. The summed E-state index contributed by atoms with van der Waals surface area (Å²) in [6.07, 6.45) is 1.37. The fourth-order valence-corrected chi connectivity index (χ4v) is 1.84. The third kappa shape index (κ3) is 3.61. The number of anilines is 1. The molecule has 0 fully saturated rings. The summed E-state index contributed by atoms with van der Waals surface area (Å²) < 4.78 is 9.45. The molecule has 0 saturated heterocycles. The van der Waals surface area contributed by atoms with E-state index in [0.29, 0.717) is 5.69 Å². The number of carbonyl (C=O) groups is 2. The van der Waals surface area contributed by atoms with E-state index in [0.717, 1.165) is 0 Å². The Labute approximate surface area is 130 Å². The van der Waals surface area contributed by atoms with E-state index in [-0.39, 0.29) is 22.2 Å². The van der Waals surface area contributed by atoms with E-state index < -0.39 is 11.9 Å². The highest BCUT2D eigenvalue weighted by atomic mass is 32.1. The Hall–Kier alpha value is -2.87. The van der Waals surface area contributed by atoms with Gasteiger partial charge in [0.1, 0.15) is 11.3 Å². The average molecular weight is 320 g/mol. The molecule has 22 heavy (non-hydrogen) atoms. The number of aromatic hydroxyl groups is 1. The number of furan rings is 1. The van der Waals surface area contributed by atoms with Crippen LogP contribution in [0.3, 0.4) is 0 Å². The second-order valence-electron chi connectivity index (χ2n) is 4.11. The van der Waals surface area contributed by atoms with Gasteiger partial charge in [0.05, 0.1) is 13.4 Å². The number of thiocarbonyl (C=S) groups is 1. The number of rotatable bonds is 3. The van der Waals surface area contributed by atoms with Gasteiger partial charge in [0, 0.05) is 11.8 Å². The molecule has 0 saturated carbocycles. The van der Waals surface area contributed by atoms with E-state index in [1.54, 1.807) is 6.07 Å². The molecule has 3 N–H and O–H groups in total. The van der Waals surface area contributed by atoms with Gasteiger partial charge in [-0.15, -0.1) is 0 Å². The number of hydrogen-bond donors (Lipinski definition) is 3. The molecule has 1 heterocycles. The predicted octanol–water partition coefficient (Wildman–Crippen LogP) is 1.90. The number of amides is 1. The SMILES string of the molecule is COC(=O)c1ccc(NC(=S)NC(=O)c2ccco2)cc1O. The van der Waals surface area contributed by atoms with E-state index in [1.807, 2.05) is 0 Å². The Bertz CT molecular complexity index is 712. The van der Waals surface area contributed by atoms with Gasteiger partial charge in [0.25, 0.3) is 5.91 Å². The van der Waals surface area contributed by atoms with E-state index >= 15 is 0 Å². The van der Waals surface area contributed by atoms with Crippen molar-refractivity contribution in [2.75, 3.05) is 12.4 Å². The summed E-state index contributed by atoms with van der Waals surface area (Å²) in [5.74, 6) is -1.30. The van der Waals surface area contributed by atoms with Crippen molar-refractivity contribution < 1.29 is 23.8 Å². The minimum atomic E-state index is -0.655. The van der Waals surface area contributed by atoms with Crippen molar-refractivity contribution in [2.45, 2.75) is 0 Å².